The molecule has 118 valence electrons. The van der Waals surface area contributed by atoms with Crippen LogP contribution in [0.4, 0.5) is 0 Å². The smallest absolute Gasteiger partial charge is 0.0469 e. The van der Waals surface area contributed by atoms with E-state index in [0.29, 0.717) is 6.04 Å². The van der Waals surface area contributed by atoms with Gasteiger partial charge in [-0.05, 0) is 48.3 Å². The molecule has 0 bridgehead atoms. The fourth-order valence-corrected chi connectivity index (χ4v) is 3.18. The summed E-state index contributed by atoms with van der Waals surface area (Å²) < 4.78 is 5.50. The van der Waals surface area contributed by atoms with Crippen LogP contribution in [-0.4, -0.2) is 25.8 Å². The topological polar surface area (TPSA) is 21.3 Å². The summed E-state index contributed by atoms with van der Waals surface area (Å²) in [5.74, 6) is 0.751. The fraction of sp³-hybridized carbons (Fsp3) is 0.684. The minimum absolute atomic E-state index is 0.236. The molecular weight excluding hydrogens is 258 g/mol. The molecule has 1 heterocycles. The van der Waals surface area contributed by atoms with Crippen LogP contribution in [0, 0.1) is 5.92 Å². The first-order chi connectivity index (χ1) is 10.0. The maximum Gasteiger partial charge on any atom is 0.0469 e. The normalized spacial score (nSPS) is 18.7. The third-order valence-electron chi connectivity index (χ3n) is 4.58. The zero-order valence-electron chi connectivity index (χ0n) is 14.1. The van der Waals surface area contributed by atoms with Gasteiger partial charge in [0, 0.05) is 19.3 Å². The molecule has 1 N–H and O–H groups in total. The summed E-state index contributed by atoms with van der Waals surface area (Å²) in [6.07, 6.45) is 3.51. The lowest BCUT2D eigenvalue weighted by Crippen LogP contribution is -2.40. The molecule has 0 amide bonds. The number of hydrogen-bond donors (Lipinski definition) is 1. The van der Waals surface area contributed by atoms with E-state index < -0.39 is 0 Å². The quantitative estimate of drug-likeness (QED) is 0.886. The van der Waals surface area contributed by atoms with Crippen molar-refractivity contribution in [1.29, 1.82) is 0 Å². The molecule has 1 aromatic rings. The van der Waals surface area contributed by atoms with Gasteiger partial charge in [-0.25, -0.2) is 0 Å². The van der Waals surface area contributed by atoms with Gasteiger partial charge < -0.3 is 10.1 Å². The maximum absolute atomic E-state index is 5.50. The molecular formula is C19H31NO. The van der Waals surface area contributed by atoms with E-state index in [1.165, 1.54) is 24.0 Å². The van der Waals surface area contributed by atoms with Crippen LogP contribution in [0.5, 0.6) is 0 Å². The Morgan fingerprint density at radius 1 is 1.14 bits per heavy atom. The highest BCUT2D eigenvalue weighted by Gasteiger charge is 2.23. The van der Waals surface area contributed by atoms with E-state index >= 15 is 0 Å². The van der Waals surface area contributed by atoms with Gasteiger partial charge >= 0.3 is 0 Å². The summed E-state index contributed by atoms with van der Waals surface area (Å²) in [5, 5.41) is 3.69. The summed E-state index contributed by atoms with van der Waals surface area (Å²) in [6.45, 7) is 11.9. The Bertz CT molecular complexity index is 412. The molecule has 1 aromatic carbocycles. The predicted octanol–water partition coefficient (Wildman–Crippen LogP) is 3.93. The Morgan fingerprint density at radius 3 is 2.29 bits per heavy atom. The molecule has 0 aliphatic carbocycles. The van der Waals surface area contributed by atoms with Gasteiger partial charge in [0.25, 0.3) is 0 Å². The summed E-state index contributed by atoms with van der Waals surface area (Å²) in [5.41, 5.74) is 3.10. The SMILES string of the molecule is CCNC(Cc1ccc(C(C)(C)C)cc1)C1CCOCC1. The Morgan fingerprint density at radius 2 is 1.76 bits per heavy atom. The van der Waals surface area contributed by atoms with E-state index in [0.717, 1.165) is 32.1 Å². The van der Waals surface area contributed by atoms with Crippen LogP contribution in [0.3, 0.4) is 0 Å². The second-order valence-corrected chi connectivity index (χ2v) is 7.27. The third-order valence-corrected chi connectivity index (χ3v) is 4.58. The van der Waals surface area contributed by atoms with Crippen LogP contribution in [0.15, 0.2) is 24.3 Å². The summed E-state index contributed by atoms with van der Waals surface area (Å²) in [4.78, 5) is 0. The molecule has 2 nitrogen and oxygen atoms in total. The molecule has 0 saturated carbocycles. The molecule has 2 rings (SSSR count). The molecule has 0 spiro atoms. The summed E-state index contributed by atoms with van der Waals surface area (Å²) >= 11 is 0. The van der Waals surface area contributed by atoms with Crippen molar-refractivity contribution < 1.29 is 4.74 Å². The summed E-state index contributed by atoms with van der Waals surface area (Å²) in [6, 6.07) is 9.79. The van der Waals surface area contributed by atoms with Gasteiger partial charge in [-0.1, -0.05) is 52.0 Å². The average Bonchev–Trinajstić information content (AvgIpc) is 2.47. The van der Waals surface area contributed by atoms with Crippen molar-refractivity contribution in [3.8, 4) is 0 Å². The Hall–Kier alpha value is -0.860. The van der Waals surface area contributed by atoms with E-state index in [1.54, 1.807) is 0 Å². The second-order valence-electron chi connectivity index (χ2n) is 7.27. The van der Waals surface area contributed by atoms with Crippen LogP contribution in [-0.2, 0) is 16.6 Å². The minimum Gasteiger partial charge on any atom is -0.381 e. The Kier molecular flexibility index (Phi) is 5.83. The lowest BCUT2D eigenvalue weighted by Gasteiger charge is -2.31. The van der Waals surface area contributed by atoms with Crippen molar-refractivity contribution in [2.45, 2.75) is 58.4 Å². The van der Waals surface area contributed by atoms with Crippen molar-refractivity contribution in [3.05, 3.63) is 35.4 Å². The highest BCUT2D eigenvalue weighted by molar-refractivity contribution is 5.28. The number of rotatable bonds is 5. The molecule has 2 heteroatoms. The zero-order valence-corrected chi connectivity index (χ0v) is 14.1. The lowest BCUT2D eigenvalue weighted by atomic mass is 9.84. The van der Waals surface area contributed by atoms with Gasteiger partial charge in [0.1, 0.15) is 0 Å². The van der Waals surface area contributed by atoms with Crippen LogP contribution < -0.4 is 5.32 Å². The number of likely N-dealkylation sites (N-methyl/N-ethyl adjacent to an activating group) is 1. The lowest BCUT2D eigenvalue weighted by molar-refractivity contribution is 0.0540. The van der Waals surface area contributed by atoms with Gasteiger partial charge in [-0.3, -0.25) is 0 Å². The van der Waals surface area contributed by atoms with Crippen molar-refractivity contribution in [2.75, 3.05) is 19.8 Å². The molecule has 1 aliphatic rings. The Labute approximate surface area is 130 Å². The highest BCUT2D eigenvalue weighted by atomic mass is 16.5. The molecule has 21 heavy (non-hydrogen) atoms. The standard InChI is InChI=1S/C19H31NO/c1-5-20-18(16-10-12-21-13-11-16)14-15-6-8-17(9-7-15)19(2,3)4/h6-9,16,18,20H,5,10-14H2,1-4H3. The number of hydrogen-bond acceptors (Lipinski definition) is 2. The van der Waals surface area contributed by atoms with Crippen molar-refractivity contribution in [3.63, 3.8) is 0 Å². The third kappa shape index (κ3) is 4.82. The predicted molar refractivity (Wildman–Crippen MR) is 89.9 cm³/mol. The van der Waals surface area contributed by atoms with Crippen LogP contribution in [0.2, 0.25) is 0 Å². The first kappa shape index (κ1) is 16.5. The van der Waals surface area contributed by atoms with Crippen molar-refractivity contribution in [2.24, 2.45) is 5.92 Å². The number of ether oxygens (including phenoxy) is 1. The van der Waals surface area contributed by atoms with Crippen LogP contribution in [0.25, 0.3) is 0 Å². The van der Waals surface area contributed by atoms with Crippen molar-refractivity contribution in [1.82, 2.24) is 5.32 Å². The van der Waals surface area contributed by atoms with Crippen LogP contribution in [0.1, 0.15) is 51.7 Å². The summed E-state index contributed by atoms with van der Waals surface area (Å²) in [7, 11) is 0. The second kappa shape index (κ2) is 7.42. The molecule has 1 unspecified atom stereocenters. The molecule has 1 fully saturated rings. The van der Waals surface area contributed by atoms with E-state index in [-0.39, 0.29) is 5.41 Å². The zero-order chi connectivity index (χ0) is 15.3. The number of nitrogens with one attached hydrogen (secondary N) is 1. The van der Waals surface area contributed by atoms with Crippen molar-refractivity contribution >= 4 is 0 Å². The van der Waals surface area contributed by atoms with Gasteiger partial charge in [0.05, 0.1) is 0 Å². The van der Waals surface area contributed by atoms with E-state index in [4.69, 9.17) is 4.74 Å². The molecule has 1 saturated heterocycles. The van der Waals surface area contributed by atoms with Gasteiger partial charge in [0.2, 0.25) is 0 Å². The first-order valence-electron chi connectivity index (χ1n) is 8.41. The van der Waals surface area contributed by atoms with Crippen LogP contribution >= 0.6 is 0 Å². The number of benzene rings is 1. The average molecular weight is 289 g/mol. The first-order valence-corrected chi connectivity index (χ1v) is 8.41. The van der Waals surface area contributed by atoms with Gasteiger partial charge in [-0.15, -0.1) is 0 Å². The molecule has 1 aliphatic heterocycles. The largest absolute Gasteiger partial charge is 0.381 e. The van der Waals surface area contributed by atoms with E-state index in [1.807, 2.05) is 0 Å². The molecule has 0 aromatic heterocycles. The van der Waals surface area contributed by atoms with E-state index in [2.05, 4.69) is 57.3 Å². The minimum atomic E-state index is 0.236. The molecule has 1 atom stereocenters. The van der Waals surface area contributed by atoms with Gasteiger partial charge in [-0.2, -0.15) is 0 Å². The Balaban J connectivity index is 2.02. The maximum atomic E-state index is 5.50. The van der Waals surface area contributed by atoms with Gasteiger partial charge in [0.15, 0.2) is 0 Å². The monoisotopic (exact) mass is 289 g/mol. The fourth-order valence-electron chi connectivity index (χ4n) is 3.18. The molecule has 0 radical (unpaired) electrons. The van der Waals surface area contributed by atoms with E-state index in [9.17, 15) is 0 Å². The highest BCUT2D eigenvalue weighted by Crippen LogP contribution is 2.25.